The van der Waals surface area contributed by atoms with Crippen LogP contribution in [0.3, 0.4) is 0 Å². The topological polar surface area (TPSA) is 46.2 Å². The Kier molecular flexibility index (Phi) is 4.00. The standard InChI is InChI=1S/C9H11Cl2NO/c10-8-2-1-6(3-9(8)11)7(4-12)5-13/h1-3,7,13H,4-5,12H2/t7-/m0/s1. The van der Waals surface area contributed by atoms with Crippen molar-refractivity contribution >= 4 is 23.2 Å². The molecule has 1 aromatic rings. The van der Waals surface area contributed by atoms with Crippen LogP contribution in [-0.2, 0) is 0 Å². The zero-order valence-electron chi connectivity index (χ0n) is 7.00. The van der Waals surface area contributed by atoms with E-state index in [0.717, 1.165) is 5.56 Å². The highest BCUT2D eigenvalue weighted by atomic mass is 35.5. The van der Waals surface area contributed by atoms with Crippen molar-refractivity contribution in [3.63, 3.8) is 0 Å². The monoisotopic (exact) mass is 219 g/mol. The van der Waals surface area contributed by atoms with Gasteiger partial charge in [-0.1, -0.05) is 29.3 Å². The molecule has 0 aliphatic carbocycles. The second-order valence-electron chi connectivity index (χ2n) is 2.79. The van der Waals surface area contributed by atoms with Crippen molar-refractivity contribution in [3.05, 3.63) is 33.8 Å². The Morgan fingerprint density at radius 2 is 2.00 bits per heavy atom. The van der Waals surface area contributed by atoms with Crippen molar-refractivity contribution in [2.45, 2.75) is 5.92 Å². The van der Waals surface area contributed by atoms with Gasteiger partial charge < -0.3 is 10.8 Å². The van der Waals surface area contributed by atoms with Gasteiger partial charge in [-0.15, -0.1) is 0 Å². The number of nitrogens with two attached hydrogens (primary N) is 1. The van der Waals surface area contributed by atoms with E-state index in [1.165, 1.54) is 0 Å². The van der Waals surface area contributed by atoms with E-state index in [0.29, 0.717) is 16.6 Å². The number of benzene rings is 1. The molecule has 0 heterocycles. The van der Waals surface area contributed by atoms with Gasteiger partial charge >= 0.3 is 0 Å². The van der Waals surface area contributed by atoms with Crippen LogP contribution >= 0.6 is 23.2 Å². The number of aliphatic hydroxyl groups excluding tert-OH is 1. The van der Waals surface area contributed by atoms with Gasteiger partial charge in [0, 0.05) is 12.5 Å². The predicted octanol–water partition coefficient (Wildman–Crippen LogP) is 2.03. The Balaban J connectivity index is 2.95. The first-order valence-corrected chi connectivity index (χ1v) is 4.70. The average molecular weight is 220 g/mol. The average Bonchev–Trinajstić information content (AvgIpc) is 2.13. The number of hydrogen-bond acceptors (Lipinski definition) is 2. The molecule has 13 heavy (non-hydrogen) atoms. The Labute approximate surface area is 87.3 Å². The van der Waals surface area contributed by atoms with Gasteiger partial charge in [0.1, 0.15) is 0 Å². The molecule has 1 atom stereocenters. The molecule has 0 aliphatic heterocycles. The molecule has 0 bridgehead atoms. The Morgan fingerprint density at radius 1 is 1.31 bits per heavy atom. The normalized spacial score (nSPS) is 12.9. The summed E-state index contributed by atoms with van der Waals surface area (Å²) in [6, 6.07) is 5.26. The minimum atomic E-state index is -0.0604. The second kappa shape index (κ2) is 4.82. The molecule has 72 valence electrons. The summed E-state index contributed by atoms with van der Waals surface area (Å²) in [4.78, 5) is 0. The van der Waals surface area contributed by atoms with Gasteiger partial charge in [0.25, 0.3) is 0 Å². The maximum Gasteiger partial charge on any atom is 0.0595 e. The quantitative estimate of drug-likeness (QED) is 0.818. The van der Waals surface area contributed by atoms with E-state index in [9.17, 15) is 0 Å². The molecule has 0 unspecified atom stereocenters. The van der Waals surface area contributed by atoms with Crippen LogP contribution in [0, 0.1) is 0 Å². The molecule has 1 aromatic carbocycles. The third kappa shape index (κ3) is 2.58. The van der Waals surface area contributed by atoms with Crippen LogP contribution in [0.5, 0.6) is 0 Å². The molecule has 0 fully saturated rings. The molecule has 0 aliphatic rings. The van der Waals surface area contributed by atoms with E-state index in [4.69, 9.17) is 34.0 Å². The molecule has 0 amide bonds. The number of rotatable bonds is 3. The van der Waals surface area contributed by atoms with Gasteiger partial charge in [0.2, 0.25) is 0 Å². The Morgan fingerprint density at radius 3 is 2.46 bits per heavy atom. The first kappa shape index (κ1) is 10.8. The summed E-state index contributed by atoms with van der Waals surface area (Å²) >= 11 is 11.6. The highest BCUT2D eigenvalue weighted by Gasteiger charge is 2.09. The van der Waals surface area contributed by atoms with Crippen LogP contribution in [0.4, 0.5) is 0 Å². The summed E-state index contributed by atoms with van der Waals surface area (Å²) in [5, 5.41) is 9.99. The molecule has 3 N–H and O–H groups in total. The van der Waals surface area contributed by atoms with Gasteiger partial charge in [0.05, 0.1) is 16.7 Å². The lowest BCUT2D eigenvalue weighted by Crippen LogP contribution is -2.15. The molecule has 0 spiro atoms. The fourth-order valence-electron chi connectivity index (χ4n) is 1.08. The van der Waals surface area contributed by atoms with Crippen molar-refractivity contribution in [1.82, 2.24) is 0 Å². The third-order valence-corrected chi connectivity index (χ3v) is 2.66. The van der Waals surface area contributed by atoms with Crippen LogP contribution in [0.1, 0.15) is 11.5 Å². The molecular weight excluding hydrogens is 209 g/mol. The summed E-state index contributed by atoms with van der Waals surface area (Å²) in [5.41, 5.74) is 6.38. The van der Waals surface area contributed by atoms with Crippen molar-refractivity contribution in [1.29, 1.82) is 0 Å². The van der Waals surface area contributed by atoms with E-state index in [2.05, 4.69) is 0 Å². The summed E-state index contributed by atoms with van der Waals surface area (Å²) in [7, 11) is 0. The van der Waals surface area contributed by atoms with Gasteiger partial charge in [-0.3, -0.25) is 0 Å². The van der Waals surface area contributed by atoms with Crippen molar-refractivity contribution < 1.29 is 5.11 Å². The second-order valence-corrected chi connectivity index (χ2v) is 3.60. The lowest BCUT2D eigenvalue weighted by molar-refractivity contribution is 0.268. The smallest absolute Gasteiger partial charge is 0.0595 e. The number of hydrogen-bond donors (Lipinski definition) is 2. The van der Waals surface area contributed by atoms with Gasteiger partial charge in [-0.25, -0.2) is 0 Å². The summed E-state index contributed by atoms with van der Waals surface area (Å²) < 4.78 is 0. The zero-order valence-corrected chi connectivity index (χ0v) is 8.52. The fraction of sp³-hybridized carbons (Fsp3) is 0.333. The maximum atomic E-state index is 8.98. The van der Waals surface area contributed by atoms with Crippen LogP contribution in [0.25, 0.3) is 0 Å². The van der Waals surface area contributed by atoms with E-state index in [1.807, 2.05) is 6.07 Å². The van der Waals surface area contributed by atoms with Crippen molar-refractivity contribution in [2.75, 3.05) is 13.2 Å². The van der Waals surface area contributed by atoms with Crippen LogP contribution in [-0.4, -0.2) is 18.3 Å². The highest BCUT2D eigenvalue weighted by Crippen LogP contribution is 2.25. The van der Waals surface area contributed by atoms with E-state index < -0.39 is 0 Å². The molecular formula is C9H11Cl2NO. The van der Waals surface area contributed by atoms with E-state index in [-0.39, 0.29) is 12.5 Å². The van der Waals surface area contributed by atoms with Crippen LogP contribution in [0.2, 0.25) is 10.0 Å². The first-order valence-electron chi connectivity index (χ1n) is 3.95. The Hall–Kier alpha value is -0.280. The summed E-state index contributed by atoms with van der Waals surface area (Å²) in [5.74, 6) is -0.0604. The minimum absolute atomic E-state index is 0.0223. The SMILES string of the molecule is NC[C@@H](CO)c1ccc(Cl)c(Cl)c1. The lowest BCUT2D eigenvalue weighted by atomic mass is 10.0. The van der Waals surface area contributed by atoms with Crippen molar-refractivity contribution in [3.8, 4) is 0 Å². The molecule has 4 heteroatoms. The summed E-state index contributed by atoms with van der Waals surface area (Å²) in [6.45, 7) is 0.420. The molecule has 0 radical (unpaired) electrons. The zero-order chi connectivity index (χ0) is 9.84. The third-order valence-electron chi connectivity index (χ3n) is 1.92. The lowest BCUT2D eigenvalue weighted by Gasteiger charge is -2.12. The van der Waals surface area contributed by atoms with E-state index >= 15 is 0 Å². The number of halogens is 2. The van der Waals surface area contributed by atoms with Gasteiger partial charge in [-0.2, -0.15) is 0 Å². The highest BCUT2D eigenvalue weighted by molar-refractivity contribution is 6.42. The Bertz CT molecular complexity index is 287. The molecule has 2 nitrogen and oxygen atoms in total. The minimum Gasteiger partial charge on any atom is -0.396 e. The number of aliphatic hydroxyl groups is 1. The maximum absolute atomic E-state index is 8.98. The van der Waals surface area contributed by atoms with Gasteiger partial charge in [0.15, 0.2) is 0 Å². The predicted molar refractivity (Wildman–Crippen MR) is 55.3 cm³/mol. The summed E-state index contributed by atoms with van der Waals surface area (Å²) in [6.07, 6.45) is 0. The largest absolute Gasteiger partial charge is 0.396 e. The first-order chi connectivity index (χ1) is 6.19. The van der Waals surface area contributed by atoms with Gasteiger partial charge in [-0.05, 0) is 17.7 Å². The van der Waals surface area contributed by atoms with E-state index in [1.54, 1.807) is 12.1 Å². The van der Waals surface area contributed by atoms with Crippen LogP contribution in [0.15, 0.2) is 18.2 Å². The molecule has 0 aromatic heterocycles. The molecule has 0 saturated carbocycles. The molecule has 1 rings (SSSR count). The van der Waals surface area contributed by atoms with Crippen LogP contribution < -0.4 is 5.73 Å². The molecule has 0 saturated heterocycles. The fourth-order valence-corrected chi connectivity index (χ4v) is 1.39. The van der Waals surface area contributed by atoms with Crippen molar-refractivity contribution in [2.24, 2.45) is 5.73 Å².